The zero-order valence-electron chi connectivity index (χ0n) is 21.5. The fourth-order valence-corrected chi connectivity index (χ4v) is 6.96. The molecular formula is C31H39N2O+. The van der Waals surface area contributed by atoms with Crippen LogP contribution in [0.2, 0.25) is 0 Å². The number of hydrogen-bond acceptors (Lipinski definition) is 2. The molecule has 0 spiro atoms. The normalized spacial score (nSPS) is 27.2. The van der Waals surface area contributed by atoms with Crippen LogP contribution >= 0.6 is 0 Å². The van der Waals surface area contributed by atoms with E-state index in [1.54, 1.807) is 0 Å². The summed E-state index contributed by atoms with van der Waals surface area (Å²) < 4.78 is 0.969. The van der Waals surface area contributed by atoms with Gasteiger partial charge in [-0.05, 0) is 80.1 Å². The molecule has 178 valence electrons. The third-order valence-electron chi connectivity index (χ3n) is 9.86. The minimum Gasteiger partial charge on any atom is -0.382 e. The Bertz CT molecular complexity index is 1230. The van der Waals surface area contributed by atoms with E-state index >= 15 is 0 Å². The van der Waals surface area contributed by atoms with E-state index in [1.165, 1.54) is 46.2 Å². The predicted octanol–water partition coefficient (Wildman–Crippen LogP) is 6.57. The van der Waals surface area contributed by atoms with Gasteiger partial charge in [0.05, 0.1) is 18.6 Å². The highest BCUT2D eigenvalue weighted by molar-refractivity contribution is 5.82. The number of aromatic nitrogens is 1. The highest BCUT2D eigenvalue weighted by atomic mass is 16.3. The number of fused-ring (bicyclic) bond motifs is 4. The Hall–Kier alpha value is -2.49. The lowest BCUT2D eigenvalue weighted by Gasteiger charge is -2.59. The molecule has 3 nitrogen and oxygen atoms in total. The van der Waals surface area contributed by atoms with Gasteiger partial charge >= 0.3 is 0 Å². The molecule has 2 aromatic carbocycles. The molecule has 3 heteroatoms. The molecular weight excluding hydrogens is 416 g/mol. The lowest BCUT2D eigenvalue weighted by molar-refractivity contribution is -0.983. The Morgan fingerprint density at radius 1 is 1.00 bits per heavy atom. The van der Waals surface area contributed by atoms with Gasteiger partial charge in [0.1, 0.15) is 18.7 Å². The van der Waals surface area contributed by atoms with Gasteiger partial charge in [-0.15, -0.1) is 6.58 Å². The fraction of sp³-hybridized carbons (Fsp3) is 0.452. The zero-order valence-corrected chi connectivity index (χ0v) is 21.5. The number of aliphatic hydroxyl groups is 1. The number of allylic oxidation sites excluding steroid dienone is 1. The van der Waals surface area contributed by atoms with Crippen molar-refractivity contribution in [2.24, 2.45) is 5.41 Å². The fourth-order valence-electron chi connectivity index (χ4n) is 6.96. The molecule has 34 heavy (non-hydrogen) atoms. The molecule has 1 aromatic heterocycles. The molecule has 1 unspecified atom stereocenters. The van der Waals surface area contributed by atoms with Crippen molar-refractivity contribution >= 4 is 10.9 Å². The van der Waals surface area contributed by atoms with E-state index in [0.29, 0.717) is 0 Å². The second-order valence-electron chi connectivity index (χ2n) is 11.1. The van der Waals surface area contributed by atoms with Gasteiger partial charge in [-0.25, -0.2) is 0 Å². The smallest absolute Gasteiger partial charge is 0.131 e. The maximum absolute atomic E-state index is 12.0. The summed E-state index contributed by atoms with van der Waals surface area (Å²) >= 11 is 0. The van der Waals surface area contributed by atoms with Gasteiger partial charge in [0.15, 0.2) is 0 Å². The van der Waals surface area contributed by atoms with Crippen LogP contribution in [0.15, 0.2) is 49.2 Å². The molecule has 6 rings (SSSR count). The molecule has 4 heterocycles. The highest BCUT2D eigenvalue weighted by Gasteiger charge is 2.56. The first-order valence-corrected chi connectivity index (χ1v) is 12.8. The summed E-state index contributed by atoms with van der Waals surface area (Å²) in [6, 6.07) is 10.4. The lowest BCUT2D eigenvalue weighted by Crippen LogP contribution is -2.67. The summed E-state index contributed by atoms with van der Waals surface area (Å²) in [7, 11) is 0. The van der Waals surface area contributed by atoms with Gasteiger partial charge in [-0.2, -0.15) is 0 Å². The number of para-hydroxylation sites is 1. The third kappa shape index (κ3) is 3.44. The van der Waals surface area contributed by atoms with Crippen molar-refractivity contribution in [3.63, 3.8) is 0 Å². The Morgan fingerprint density at radius 2 is 1.62 bits per heavy atom. The van der Waals surface area contributed by atoms with Crippen molar-refractivity contribution < 1.29 is 9.59 Å². The van der Waals surface area contributed by atoms with E-state index in [-0.39, 0.29) is 11.5 Å². The maximum atomic E-state index is 12.0. The number of rotatable bonds is 5. The molecule has 0 radical (unpaired) electrons. The summed E-state index contributed by atoms with van der Waals surface area (Å²) in [5, 5.41) is 13.1. The summed E-state index contributed by atoms with van der Waals surface area (Å²) in [5.41, 5.74) is 10.7. The molecule has 0 aliphatic carbocycles. The Balaban J connectivity index is 1.62. The zero-order chi connectivity index (χ0) is 24.3. The average molecular weight is 456 g/mol. The van der Waals surface area contributed by atoms with Gasteiger partial charge in [-0.1, -0.05) is 24.3 Å². The van der Waals surface area contributed by atoms with E-state index in [9.17, 15) is 5.11 Å². The number of aliphatic hydroxyl groups excluding tert-OH is 1. The van der Waals surface area contributed by atoms with Crippen molar-refractivity contribution in [2.45, 2.75) is 72.6 Å². The number of hydrogen-bond donors (Lipinski definition) is 1. The minimum atomic E-state index is -0.527. The van der Waals surface area contributed by atoms with Crippen molar-refractivity contribution in [3.05, 3.63) is 88.1 Å². The van der Waals surface area contributed by atoms with Crippen molar-refractivity contribution in [1.82, 2.24) is 4.98 Å². The monoisotopic (exact) mass is 455 g/mol. The van der Waals surface area contributed by atoms with Crippen LogP contribution in [-0.4, -0.2) is 33.7 Å². The van der Waals surface area contributed by atoms with Gasteiger partial charge < -0.3 is 9.59 Å². The Labute approximate surface area is 204 Å². The first-order chi connectivity index (χ1) is 16.2. The SMILES string of the molecule is C=CC12CC[N+](Cc3c(C)c(C)c(C)c(C)c3C)(CC1)C([C@@H](O)c1ccnc3ccccc13)C2. The van der Waals surface area contributed by atoms with E-state index in [4.69, 9.17) is 0 Å². The van der Waals surface area contributed by atoms with Crippen LogP contribution in [0.25, 0.3) is 10.9 Å². The van der Waals surface area contributed by atoms with E-state index in [2.05, 4.69) is 58.3 Å². The largest absolute Gasteiger partial charge is 0.382 e. The molecule has 0 amide bonds. The van der Waals surface area contributed by atoms with Crippen LogP contribution in [-0.2, 0) is 6.54 Å². The van der Waals surface area contributed by atoms with Crippen LogP contribution < -0.4 is 0 Å². The standard InChI is InChI=1S/C31H39N2O/c1-7-31-13-16-33(17-14-31,19-27-23(5)21(3)20(2)22(4)24(27)6)29(18-31)30(34)26-12-15-32-28-11-9-8-10-25(26)28/h7-12,15,29-30,34H,1,13-14,16-19H2,2-6H3/q+1/t29?,30-,31?,33?/m0/s1. The Morgan fingerprint density at radius 3 is 2.26 bits per heavy atom. The van der Waals surface area contributed by atoms with E-state index < -0.39 is 6.10 Å². The van der Waals surface area contributed by atoms with Crippen LogP contribution in [0.5, 0.6) is 0 Å². The molecule has 0 saturated carbocycles. The molecule has 3 aliphatic heterocycles. The van der Waals surface area contributed by atoms with Gasteiger partial charge in [0.25, 0.3) is 0 Å². The van der Waals surface area contributed by atoms with Gasteiger partial charge in [-0.3, -0.25) is 4.98 Å². The molecule has 3 aliphatic rings. The number of benzene rings is 2. The summed E-state index contributed by atoms with van der Waals surface area (Å²) in [5.74, 6) is 0. The number of quaternary nitrogens is 1. The second kappa shape index (κ2) is 8.32. The van der Waals surface area contributed by atoms with Crippen molar-refractivity contribution in [2.75, 3.05) is 13.1 Å². The first-order valence-electron chi connectivity index (χ1n) is 12.8. The molecule has 2 atom stereocenters. The van der Waals surface area contributed by atoms with Crippen LogP contribution in [0.1, 0.15) is 64.3 Å². The molecule has 3 fully saturated rings. The summed E-state index contributed by atoms with van der Waals surface area (Å²) in [4.78, 5) is 4.55. The lowest BCUT2D eigenvalue weighted by atomic mass is 9.65. The minimum absolute atomic E-state index is 0.145. The first kappa shape index (κ1) is 23.3. The summed E-state index contributed by atoms with van der Waals surface area (Å²) in [6.07, 6.45) is 6.85. The molecule has 1 N–H and O–H groups in total. The number of nitrogens with zero attached hydrogens (tertiary/aromatic N) is 2. The van der Waals surface area contributed by atoms with Gasteiger partial charge in [0.2, 0.25) is 0 Å². The molecule has 2 bridgehead atoms. The topological polar surface area (TPSA) is 33.1 Å². The van der Waals surface area contributed by atoms with Crippen molar-refractivity contribution in [1.29, 1.82) is 0 Å². The molecule has 3 aromatic rings. The quantitative estimate of drug-likeness (QED) is 0.349. The Kier molecular flexibility index (Phi) is 5.69. The summed E-state index contributed by atoms with van der Waals surface area (Å²) in [6.45, 7) is 18.8. The van der Waals surface area contributed by atoms with Crippen molar-refractivity contribution in [3.8, 4) is 0 Å². The van der Waals surface area contributed by atoms with E-state index in [1.807, 2.05) is 30.5 Å². The van der Waals surface area contributed by atoms with Gasteiger partial charge in [0, 0.05) is 41.8 Å². The second-order valence-corrected chi connectivity index (χ2v) is 11.1. The van der Waals surface area contributed by atoms with Crippen LogP contribution in [0, 0.1) is 40.0 Å². The number of piperidine rings is 3. The highest BCUT2D eigenvalue weighted by Crippen LogP contribution is 2.52. The van der Waals surface area contributed by atoms with Crippen LogP contribution in [0.4, 0.5) is 0 Å². The number of pyridine rings is 1. The average Bonchev–Trinajstić information content (AvgIpc) is 2.88. The van der Waals surface area contributed by atoms with Crippen LogP contribution in [0.3, 0.4) is 0 Å². The third-order valence-corrected chi connectivity index (χ3v) is 9.86. The predicted molar refractivity (Wildman–Crippen MR) is 141 cm³/mol. The molecule has 3 saturated heterocycles. The van der Waals surface area contributed by atoms with E-state index in [0.717, 1.165) is 47.0 Å². The maximum Gasteiger partial charge on any atom is 0.131 e.